The first kappa shape index (κ1) is 22.7. The molecule has 162 valence electrons. The highest BCUT2D eigenvalue weighted by Crippen LogP contribution is 2.29. The minimum Gasteiger partial charge on any atom is -0.372 e. The Morgan fingerprint density at radius 3 is 2.13 bits per heavy atom. The summed E-state index contributed by atoms with van der Waals surface area (Å²) in [5.41, 5.74) is 1.95. The van der Waals surface area contributed by atoms with Crippen LogP contribution in [0.15, 0.2) is 42.5 Å². The molecule has 0 unspecified atom stereocenters. The van der Waals surface area contributed by atoms with Crippen molar-refractivity contribution in [3.05, 3.63) is 52.5 Å². The van der Waals surface area contributed by atoms with Crippen LogP contribution in [0.1, 0.15) is 26.2 Å². The van der Waals surface area contributed by atoms with Crippen LogP contribution in [0, 0.1) is 0 Å². The van der Waals surface area contributed by atoms with Gasteiger partial charge >= 0.3 is 0 Å². The van der Waals surface area contributed by atoms with Gasteiger partial charge in [-0.3, -0.25) is 9.10 Å². The van der Waals surface area contributed by atoms with Gasteiger partial charge in [0.05, 0.1) is 11.9 Å². The molecule has 0 saturated carbocycles. The molecule has 30 heavy (non-hydrogen) atoms. The molecule has 3 rings (SSSR count). The highest BCUT2D eigenvalue weighted by Gasteiger charge is 2.29. The Kier molecular flexibility index (Phi) is 7.16. The summed E-state index contributed by atoms with van der Waals surface area (Å²) in [6.07, 6.45) is 4.67. The molecule has 9 heteroatoms. The normalized spacial score (nSPS) is 15.5. The number of hydrogen-bond donors (Lipinski definition) is 1. The van der Waals surface area contributed by atoms with Crippen molar-refractivity contribution in [2.75, 3.05) is 33.9 Å². The van der Waals surface area contributed by atoms with Gasteiger partial charge in [-0.15, -0.1) is 0 Å². The number of nitrogens with one attached hydrogen (secondary N) is 1. The Labute approximate surface area is 187 Å². The fourth-order valence-corrected chi connectivity index (χ4v) is 5.30. The van der Waals surface area contributed by atoms with Gasteiger partial charge in [-0.1, -0.05) is 23.2 Å². The number of amides is 1. The van der Waals surface area contributed by atoms with Gasteiger partial charge in [0.1, 0.15) is 6.04 Å². The Hall–Kier alpha value is -1.96. The molecule has 0 spiro atoms. The summed E-state index contributed by atoms with van der Waals surface area (Å²) in [5, 5.41) is 3.36. The molecule has 1 aliphatic rings. The predicted molar refractivity (Wildman–Crippen MR) is 124 cm³/mol. The average Bonchev–Trinajstić information content (AvgIpc) is 2.67. The van der Waals surface area contributed by atoms with Gasteiger partial charge in [0.25, 0.3) is 0 Å². The van der Waals surface area contributed by atoms with Crippen LogP contribution in [0.5, 0.6) is 0 Å². The molecular weight excluding hydrogens is 445 g/mol. The number of carbonyl (C=O) groups is 1. The van der Waals surface area contributed by atoms with E-state index in [0.717, 1.165) is 29.3 Å². The summed E-state index contributed by atoms with van der Waals surface area (Å²) in [5.74, 6) is -0.456. The minimum atomic E-state index is -3.76. The lowest BCUT2D eigenvalue weighted by atomic mass is 10.1. The van der Waals surface area contributed by atoms with Crippen LogP contribution in [0.3, 0.4) is 0 Å². The molecule has 6 nitrogen and oxygen atoms in total. The summed E-state index contributed by atoms with van der Waals surface area (Å²) >= 11 is 12.1. The van der Waals surface area contributed by atoms with Crippen LogP contribution in [-0.2, 0) is 14.8 Å². The maximum Gasteiger partial charge on any atom is 0.247 e. The number of halogens is 2. The molecule has 1 amide bonds. The highest BCUT2D eigenvalue weighted by molar-refractivity contribution is 7.92. The first-order chi connectivity index (χ1) is 14.1. The summed E-state index contributed by atoms with van der Waals surface area (Å²) in [4.78, 5) is 15.2. The van der Waals surface area contributed by atoms with Gasteiger partial charge in [-0.05, 0) is 68.7 Å². The third-order valence-corrected chi connectivity index (χ3v) is 6.72. The maximum atomic E-state index is 12.8. The van der Waals surface area contributed by atoms with E-state index in [1.54, 1.807) is 0 Å². The van der Waals surface area contributed by atoms with Crippen molar-refractivity contribution in [2.45, 2.75) is 32.2 Å². The summed E-state index contributed by atoms with van der Waals surface area (Å²) in [6, 6.07) is 11.0. The number of benzene rings is 2. The van der Waals surface area contributed by atoms with E-state index >= 15 is 0 Å². The van der Waals surface area contributed by atoms with E-state index in [1.165, 1.54) is 44.4 Å². The second-order valence-corrected chi connectivity index (χ2v) is 10.2. The zero-order valence-corrected chi connectivity index (χ0v) is 19.3. The smallest absolute Gasteiger partial charge is 0.247 e. The molecule has 1 fully saturated rings. The van der Waals surface area contributed by atoms with E-state index in [1.807, 2.05) is 24.3 Å². The first-order valence-electron chi connectivity index (χ1n) is 9.76. The second kappa shape index (κ2) is 9.45. The van der Waals surface area contributed by atoms with Crippen LogP contribution >= 0.6 is 23.2 Å². The number of carbonyl (C=O) groups excluding carboxylic acids is 1. The van der Waals surface area contributed by atoms with E-state index < -0.39 is 22.0 Å². The van der Waals surface area contributed by atoms with Gasteiger partial charge < -0.3 is 10.2 Å². The van der Waals surface area contributed by atoms with Crippen LogP contribution < -0.4 is 14.5 Å². The average molecular weight is 470 g/mol. The molecule has 0 aromatic heterocycles. The van der Waals surface area contributed by atoms with Crippen molar-refractivity contribution in [3.8, 4) is 0 Å². The minimum absolute atomic E-state index is 0.234. The molecule has 1 aliphatic heterocycles. The number of anilines is 3. The summed E-state index contributed by atoms with van der Waals surface area (Å²) in [7, 11) is -3.76. The quantitative estimate of drug-likeness (QED) is 0.660. The molecule has 0 bridgehead atoms. The fourth-order valence-electron chi connectivity index (χ4n) is 3.63. The molecule has 0 aliphatic carbocycles. The van der Waals surface area contributed by atoms with Crippen LogP contribution in [-0.4, -0.2) is 39.7 Å². The molecule has 0 radical (unpaired) electrons. The lowest BCUT2D eigenvalue weighted by molar-refractivity contribution is -0.116. The van der Waals surface area contributed by atoms with Gasteiger partial charge in [0, 0.05) is 34.5 Å². The maximum absolute atomic E-state index is 12.8. The molecule has 1 N–H and O–H groups in total. The predicted octanol–water partition coefficient (Wildman–Crippen LogP) is 4.78. The number of hydrogen-bond acceptors (Lipinski definition) is 4. The Morgan fingerprint density at radius 1 is 1.03 bits per heavy atom. The van der Waals surface area contributed by atoms with Gasteiger partial charge in [-0.2, -0.15) is 0 Å². The fraction of sp³-hybridized carbons (Fsp3) is 0.381. The topological polar surface area (TPSA) is 69.7 Å². The number of rotatable bonds is 6. The van der Waals surface area contributed by atoms with E-state index in [-0.39, 0.29) is 15.7 Å². The molecule has 2 aromatic rings. The zero-order valence-electron chi connectivity index (χ0n) is 16.9. The zero-order chi connectivity index (χ0) is 21.9. The van der Waals surface area contributed by atoms with Gasteiger partial charge in [0.15, 0.2) is 0 Å². The van der Waals surface area contributed by atoms with Gasteiger partial charge in [0.2, 0.25) is 15.9 Å². The molecule has 2 aromatic carbocycles. The Morgan fingerprint density at radius 2 is 1.60 bits per heavy atom. The van der Waals surface area contributed by atoms with Crippen LogP contribution in [0.2, 0.25) is 10.0 Å². The molecular formula is C21H25Cl2N3O3S. The van der Waals surface area contributed by atoms with Crippen molar-refractivity contribution < 1.29 is 13.2 Å². The van der Waals surface area contributed by atoms with Crippen molar-refractivity contribution in [3.63, 3.8) is 0 Å². The van der Waals surface area contributed by atoms with Crippen LogP contribution in [0.25, 0.3) is 0 Å². The third kappa shape index (κ3) is 5.59. The largest absolute Gasteiger partial charge is 0.372 e. The van der Waals surface area contributed by atoms with E-state index in [0.29, 0.717) is 5.69 Å². The monoisotopic (exact) mass is 469 g/mol. The van der Waals surface area contributed by atoms with E-state index in [4.69, 9.17) is 23.2 Å². The molecule has 1 heterocycles. The number of piperidine rings is 1. The number of sulfonamides is 1. The van der Waals surface area contributed by atoms with Crippen molar-refractivity contribution in [2.24, 2.45) is 0 Å². The van der Waals surface area contributed by atoms with Gasteiger partial charge in [-0.25, -0.2) is 8.42 Å². The SMILES string of the molecule is C[C@H](C(=O)Nc1ccc(N2CCCCC2)cc1)N(c1cc(Cl)cc(Cl)c1)S(C)(=O)=O. The third-order valence-electron chi connectivity index (χ3n) is 5.05. The van der Waals surface area contributed by atoms with E-state index in [2.05, 4.69) is 10.2 Å². The lowest BCUT2D eigenvalue weighted by Gasteiger charge is -2.29. The Bertz CT molecular complexity index is 986. The van der Waals surface area contributed by atoms with Crippen LogP contribution in [0.4, 0.5) is 17.1 Å². The lowest BCUT2D eigenvalue weighted by Crippen LogP contribution is -2.45. The summed E-state index contributed by atoms with van der Waals surface area (Å²) < 4.78 is 25.9. The van der Waals surface area contributed by atoms with Crippen molar-refractivity contribution in [1.29, 1.82) is 0 Å². The standard InChI is InChI=1S/C21H25Cl2N3O3S/c1-15(26(30(2,28)29)20-13-16(22)12-17(23)14-20)21(27)24-18-6-8-19(9-7-18)25-10-4-3-5-11-25/h6-9,12-15H,3-5,10-11H2,1-2H3,(H,24,27)/t15-/m1/s1. The highest BCUT2D eigenvalue weighted by atomic mass is 35.5. The summed E-state index contributed by atoms with van der Waals surface area (Å²) in [6.45, 7) is 3.59. The Balaban J connectivity index is 1.77. The van der Waals surface area contributed by atoms with Crippen molar-refractivity contribution in [1.82, 2.24) is 0 Å². The van der Waals surface area contributed by atoms with Crippen molar-refractivity contribution >= 4 is 56.2 Å². The number of nitrogens with zero attached hydrogens (tertiary/aromatic N) is 2. The van der Waals surface area contributed by atoms with E-state index in [9.17, 15) is 13.2 Å². The second-order valence-electron chi connectivity index (χ2n) is 7.45. The first-order valence-corrected chi connectivity index (χ1v) is 12.4. The molecule has 1 saturated heterocycles. The molecule has 1 atom stereocenters.